The van der Waals surface area contributed by atoms with Gasteiger partial charge in [0, 0.05) is 0 Å². The summed E-state index contributed by atoms with van der Waals surface area (Å²) < 4.78 is 0. The fourth-order valence-corrected chi connectivity index (χ4v) is 4.23. The molecule has 0 aliphatic heterocycles. The molecule has 0 unspecified atom stereocenters. The van der Waals surface area contributed by atoms with Gasteiger partial charge in [0.15, 0.2) is 0 Å². The van der Waals surface area contributed by atoms with E-state index >= 15 is 0 Å². The minimum absolute atomic E-state index is 0.190. The Kier molecular flexibility index (Phi) is 9.45. The van der Waals surface area contributed by atoms with Crippen molar-refractivity contribution in [2.75, 3.05) is 19.5 Å². The van der Waals surface area contributed by atoms with Gasteiger partial charge in [-0.1, -0.05) is 73.3 Å². The van der Waals surface area contributed by atoms with E-state index in [4.69, 9.17) is 0 Å². The average Bonchev–Trinajstić information content (AvgIpc) is 2.67. The fourth-order valence-electron chi connectivity index (χ4n) is 3.52. The molecule has 0 heterocycles. The fraction of sp³-hybridized carbons (Fsp3) is 0.333. The van der Waals surface area contributed by atoms with Crippen LogP contribution in [0.5, 0.6) is 0 Å². The summed E-state index contributed by atoms with van der Waals surface area (Å²) in [5, 5.41) is 0. The highest BCUT2D eigenvalue weighted by molar-refractivity contribution is 7.55. The van der Waals surface area contributed by atoms with Crippen molar-refractivity contribution in [3.8, 4) is 0 Å². The van der Waals surface area contributed by atoms with Gasteiger partial charge in [-0.3, -0.25) is 0 Å². The van der Waals surface area contributed by atoms with Gasteiger partial charge in [-0.05, 0) is 92.4 Å². The Balaban J connectivity index is 1.91. The van der Waals surface area contributed by atoms with Crippen LogP contribution in [0.3, 0.4) is 0 Å². The van der Waals surface area contributed by atoms with Crippen molar-refractivity contribution in [2.24, 2.45) is 0 Å². The van der Waals surface area contributed by atoms with Gasteiger partial charge in [-0.2, -0.15) is 0 Å². The van der Waals surface area contributed by atoms with Crippen molar-refractivity contribution in [1.29, 1.82) is 0 Å². The molecule has 0 fully saturated rings. The lowest BCUT2D eigenvalue weighted by Crippen LogP contribution is -1.98. The van der Waals surface area contributed by atoms with Crippen LogP contribution >= 0.6 is 7.92 Å². The highest BCUT2D eigenvalue weighted by Gasteiger charge is 2.05. The maximum atomic E-state index is 3.96. The standard InChI is InChI=1S/C27H35P/c1-6-24(21-25-14-10-7-11-15-25)13-9-8-12-16-27-22(2)19-26(20-23(27)3)17-18-28(4)5/h6-11,13-15,19-20H,1,12,16-18,21H2,2-5H3/b9-8-,24-13+. The van der Waals surface area contributed by atoms with Crippen molar-refractivity contribution in [1.82, 2.24) is 0 Å². The van der Waals surface area contributed by atoms with Gasteiger partial charge >= 0.3 is 0 Å². The Hall–Kier alpha value is -1.91. The Bertz CT molecular complexity index is 786. The van der Waals surface area contributed by atoms with Gasteiger partial charge < -0.3 is 0 Å². The molecule has 0 N–H and O–H groups in total. The quantitative estimate of drug-likeness (QED) is 0.292. The van der Waals surface area contributed by atoms with Crippen molar-refractivity contribution >= 4 is 7.92 Å². The molecule has 0 saturated heterocycles. The smallest absolute Gasteiger partial charge is 0.00260 e. The van der Waals surface area contributed by atoms with Gasteiger partial charge in [-0.25, -0.2) is 0 Å². The molecule has 148 valence electrons. The van der Waals surface area contributed by atoms with Crippen LogP contribution in [0, 0.1) is 13.8 Å². The monoisotopic (exact) mass is 390 g/mol. The molecular weight excluding hydrogens is 355 g/mol. The summed E-state index contributed by atoms with van der Waals surface area (Å²) in [4.78, 5) is 0. The van der Waals surface area contributed by atoms with E-state index < -0.39 is 0 Å². The molecule has 2 rings (SSSR count). The third-order valence-electron chi connectivity index (χ3n) is 5.12. The summed E-state index contributed by atoms with van der Waals surface area (Å²) in [7, 11) is 0.190. The lowest BCUT2D eigenvalue weighted by molar-refractivity contribution is 0.964. The summed E-state index contributed by atoms with van der Waals surface area (Å²) in [5.74, 6) is 0. The Morgan fingerprint density at radius 1 is 0.964 bits per heavy atom. The summed E-state index contributed by atoms with van der Waals surface area (Å²) in [6, 6.07) is 15.4. The molecule has 2 aromatic rings. The van der Waals surface area contributed by atoms with Gasteiger partial charge in [0.05, 0.1) is 0 Å². The molecule has 0 spiro atoms. The van der Waals surface area contributed by atoms with Crippen LogP contribution in [0.25, 0.3) is 0 Å². The van der Waals surface area contributed by atoms with Crippen molar-refractivity contribution in [2.45, 2.75) is 39.5 Å². The maximum Gasteiger partial charge on any atom is -0.00260 e. The first-order chi connectivity index (χ1) is 13.5. The number of hydrogen-bond donors (Lipinski definition) is 0. The van der Waals surface area contributed by atoms with Crippen molar-refractivity contribution < 1.29 is 0 Å². The second-order valence-electron chi connectivity index (χ2n) is 7.84. The molecule has 0 amide bonds. The first kappa shape index (κ1) is 22.4. The Morgan fingerprint density at radius 2 is 1.64 bits per heavy atom. The number of rotatable bonds is 10. The molecule has 0 nitrogen and oxygen atoms in total. The molecule has 0 atom stereocenters. The molecule has 0 aliphatic rings. The number of aryl methyl sites for hydroxylation is 3. The predicted molar refractivity (Wildman–Crippen MR) is 129 cm³/mol. The lowest BCUT2D eigenvalue weighted by atomic mass is 9.95. The van der Waals surface area contributed by atoms with Gasteiger partial charge in [0.25, 0.3) is 0 Å². The summed E-state index contributed by atoms with van der Waals surface area (Å²) in [5.41, 5.74) is 8.50. The molecule has 28 heavy (non-hydrogen) atoms. The molecular formula is C27H35P. The highest BCUT2D eigenvalue weighted by atomic mass is 31.1. The van der Waals surface area contributed by atoms with Crippen molar-refractivity contribution in [3.05, 3.63) is 107 Å². The van der Waals surface area contributed by atoms with E-state index in [1.807, 2.05) is 6.08 Å². The van der Waals surface area contributed by atoms with E-state index in [-0.39, 0.29) is 7.92 Å². The number of benzene rings is 2. The van der Waals surface area contributed by atoms with E-state index in [1.54, 1.807) is 0 Å². The number of hydrogen-bond acceptors (Lipinski definition) is 0. The van der Waals surface area contributed by atoms with E-state index in [0.717, 1.165) is 19.3 Å². The minimum Gasteiger partial charge on any atom is -0.113 e. The van der Waals surface area contributed by atoms with Gasteiger partial charge in [-0.15, -0.1) is 7.92 Å². The second-order valence-corrected chi connectivity index (χ2v) is 10.4. The van der Waals surface area contributed by atoms with E-state index in [2.05, 4.69) is 94.4 Å². The van der Waals surface area contributed by atoms with Crippen LogP contribution in [0.15, 0.2) is 78.9 Å². The zero-order chi connectivity index (χ0) is 20.4. The zero-order valence-electron chi connectivity index (χ0n) is 18.0. The summed E-state index contributed by atoms with van der Waals surface area (Å²) in [6.45, 7) is 13.2. The van der Waals surface area contributed by atoms with Crippen LogP contribution in [-0.2, 0) is 19.3 Å². The first-order valence-electron chi connectivity index (χ1n) is 10.3. The Labute approximate surface area is 173 Å². The maximum absolute atomic E-state index is 3.96. The lowest BCUT2D eigenvalue weighted by Gasteiger charge is -2.13. The van der Waals surface area contributed by atoms with E-state index in [0.29, 0.717) is 0 Å². The molecule has 0 bridgehead atoms. The summed E-state index contributed by atoms with van der Waals surface area (Å²) in [6.07, 6.45) is 14.3. The number of allylic oxidation sites excluding steroid dienone is 5. The van der Waals surface area contributed by atoms with Crippen molar-refractivity contribution in [3.63, 3.8) is 0 Å². The summed E-state index contributed by atoms with van der Waals surface area (Å²) >= 11 is 0. The molecule has 0 aromatic heterocycles. The van der Waals surface area contributed by atoms with Crippen LogP contribution in [0.2, 0.25) is 0 Å². The van der Waals surface area contributed by atoms with Gasteiger partial charge in [0.2, 0.25) is 0 Å². The largest absolute Gasteiger partial charge is 0.113 e. The highest BCUT2D eigenvalue weighted by Crippen LogP contribution is 2.27. The first-order valence-corrected chi connectivity index (χ1v) is 12.7. The average molecular weight is 391 g/mol. The molecule has 0 saturated carbocycles. The minimum atomic E-state index is 0.190. The van der Waals surface area contributed by atoms with Gasteiger partial charge in [0.1, 0.15) is 0 Å². The zero-order valence-corrected chi connectivity index (χ0v) is 18.9. The van der Waals surface area contributed by atoms with Crippen LogP contribution in [0.4, 0.5) is 0 Å². The predicted octanol–water partition coefficient (Wildman–Crippen LogP) is 7.43. The van der Waals surface area contributed by atoms with Crippen LogP contribution in [-0.4, -0.2) is 19.5 Å². The van der Waals surface area contributed by atoms with E-state index in [1.165, 1.54) is 46.0 Å². The third kappa shape index (κ3) is 7.61. The SMILES string of the molecule is C=C/C(=C\C=C/CCc1c(C)cc(CCP(C)C)cc1C)Cc1ccccc1. The molecule has 2 aromatic carbocycles. The normalized spacial score (nSPS) is 12.1. The van der Waals surface area contributed by atoms with Crippen LogP contribution < -0.4 is 0 Å². The van der Waals surface area contributed by atoms with E-state index in [9.17, 15) is 0 Å². The molecule has 1 heteroatoms. The molecule has 0 aliphatic carbocycles. The second kappa shape index (κ2) is 11.8. The Morgan fingerprint density at radius 3 is 2.25 bits per heavy atom. The third-order valence-corrected chi connectivity index (χ3v) is 6.24. The van der Waals surface area contributed by atoms with Crippen LogP contribution in [0.1, 0.15) is 34.2 Å². The topological polar surface area (TPSA) is 0 Å². The molecule has 0 radical (unpaired) electrons.